The Morgan fingerprint density at radius 2 is 2.50 bits per heavy atom. The van der Waals surface area contributed by atoms with Gasteiger partial charge in [0.1, 0.15) is 0 Å². The van der Waals surface area contributed by atoms with Gasteiger partial charge in [0.15, 0.2) is 0 Å². The Balaban J connectivity index is 1.74. The van der Waals surface area contributed by atoms with Crippen LogP contribution in [-0.2, 0) is 18.2 Å². The summed E-state index contributed by atoms with van der Waals surface area (Å²) in [7, 11) is 1.94. The number of aryl methyl sites for hydroxylation is 2. The molecule has 0 bridgehead atoms. The van der Waals surface area contributed by atoms with Gasteiger partial charge in [0.05, 0.1) is 12.3 Å². The van der Waals surface area contributed by atoms with Gasteiger partial charge in [-0.25, -0.2) is 0 Å². The first-order valence-electron chi connectivity index (χ1n) is 6.83. The summed E-state index contributed by atoms with van der Waals surface area (Å²) in [6.45, 7) is 0.907. The van der Waals surface area contributed by atoms with E-state index in [0.717, 1.165) is 25.9 Å². The fourth-order valence-corrected chi connectivity index (χ4v) is 2.52. The number of rotatable bonds is 6. The standard InChI is InChI=1S/C13H24N4O/c1-17-10-11(9-15-17)5-6-12(16-14)8-13-4-2-3-7-18-13/h9-10,12-13,16H,2-8,14H2,1H3. The molecule has 0 aromatic carbocycles. The van der Waals surface area contributed by atoms with Crippen LogP contribution in [0.4, 0.5) is 0 Å². The lowest BCUT2D eigenvalue weighted by molar-refractivity contribution is 0.00472. The number of nitrogens with one attached hydrogen (secondary N) is 1. The third kappa shape index (κ3) is 4.08. The van der Waals surface area contributed by atoms with Crippen molar-refractivity contribution in [3.8, 4) is 0 Å². The molecule has 1 aromatic heterocycles. The van der Waals surface area contributed by atoms with Crippen molar-refractivity contribution in [1.82, 2.24) is 15.2 Å². The van der Waals surface area contributed by atoms with Crippen LogP contribution in [0.2, 0.25) is 0 Å². The summed E-state index contributed by atoms with van der Waals surface area (Å²) >= 11 is 0. The number of ether oxygens (including phenoxy) is 1. The molecule has 5 heteroatoms. The smallest absolute Gasteiger partial charge is 0.0590 e. The van der Waals surface area contributed by atoms with Crippen LogP contribution in [0.25, 0.3) is 0 Å². The van der Waals surface area contributed by atoms with E-state index in [4.69, 9.17) is 10.6 Å². The zero-order valence-electron chi connectivity index (χ0n) is 11.1. The van der Waals surface area contributed by atoms with Gasteiger partial charge < -0.3 is 4.74 Å². The molecule has 3 N–H and O–H groups in total. The normalized spacial score (nSPS) is 22.0. The summed E-state index contributed by atoms with van der Waals surface area (Å²) in [6.07, 6.45) is 11.1. The lowest BCUT2D eigenvalue weighted by atomic mass is 9.98. The van der Waals surface area contributed by atoms with E-state index in [-0.39, 0.29) is 0 Å². The van der Waals surface area contributed by atoms with Crippen LogP contribution in [0.5, 0.6) is 0 Å². The summed E-state index contributed by atoms with van der Waals surface area (Å²) in [5, 5.41) is 4.18. The third-order valence-corrected chi connectivity index (χ3v) is 3.60. The summed E-state index contributed by atoms with van der Waals surface area (Å²) < 4.78 is 7.59. The average Bonchev–Trinajstić information content (AvgIpc) is 2.81. The van der Waals surface area contributed by atoms with E-state index < -0.39 is 0 Å². The predicted molar refractivity (Wildman–Crippen MR) is 70.8 cm³/mol. The molecule has 0 saturated carbocycles. The third-order valence-electron chi connectivity index (χ3n) is 3.60. The molecule has 2 heterocycles. The van der Waals surface area contributed by atoms with Crippen LogP contribution < -0.4 is 11.3 Å². The first-order chi connectivity index (χ1) is 8.78. The first-order valence-corrected chi connectivity index (χ1v) is 6.83. The Hall–Kier alpha value is -0.910. The highest BCUT2D eigenvalue weighted by Gasteiger charge is 2.18. The van der Waals surface area contributed by atoms with Crippen molar-refractivity contribution >= 4 is 0 Å². The van der Waals surface area contributed by atoms with Gasteiger partial charge in [0.2, 0.25) is 0 Å². The van der Waals surface area contributed by atoms with Gasteiger partial charge in [-0.05, 0) is 44.1 Å². The molecule has 1 aromatic rings. The molecule has 1 aliphatic heterocycles. The van der Waals surface area contributed by atoms with Crippen molar-refractivity contribution < 1.29 is 4.74 Å². The first kappa shape index (κ1) is 13.5. The minimum absolute atomic E-state index is 0.327. The number of nitrogens with zero attached hydrogens (tertiary/aromatic N) is 2. The quantitative estimate of drug-likeness (QED) is 0.589. The minimum Gasteiger partial charge on any atom is -0.378 e. The van der Waals surface area contributed by atoms with Gasteiger partial charge in [0, 0.05) is 25.9 Å². The number of hydrogen-bond donors (Lipinski definition) is 2. The van der Waals surface area contributed by atoms with Gasteiger partial charge in [-0.2, -0.15) is 5.10 Å². The Kier molecular flexibility index (Phi) is 5.16. The van der Waals surface area contributed by atoms with Crippen molar-refractivity contribution in [1.29, 1.82) is 0 Å². The zero-order chi connectivity index (χ0) is 12.8. The maximum atomic E-state index is 5.75. The molecular formula is C13H24N4O. The number of hydrogen-bond acceptors (Lipinski definition) is 4. The number of hydrazine groups is 1. The second kappa shape index (κ2) is 6.87. The zero-order valence-corrected chi connectivity index (χ0v) is 11.1. The molecule has 1 saturated heterocycles. The molecule has 2 unspecified atom stereocenters. The highest BCUT2D eigenvalue weighted by molar-refractivity contribution is 5.03. The summed E-state index contributed by atoms with van der Waals surface area (Å²) in [5.41, 5.74) is 4.19. The molecule has 5 nitrogen and oxygen atoms in total. The molecular weight excluding hydrogens is 228 g/mol. The maximum Gasteiger partial charge on any atom is 0.0590 e. The van der Waals surface area contributed by atoms with Gasteiger partial charge in [-0.1, -0.05) is 0 Å². The summed E-state index contributed by atoms with van der Waals surface area (Å²) in [5.74, 6) is 5.63. The van der Waals surface area contributed by atoms with E-state index in [9.17, 15) is 0 Å². The molecule has 1 fully saturated rings. The van der Waals surface area contributed by atoms with Gasteiger partial charge in [0.25, 0.3) is 0 Å². The van der Waals surface area contributed by atoms with E-state index in [1.165, 1.54) is 24.8 Å². The van der Waals surface area contributed by atoms with Gasteiger partial charge in [-0.15, -0.1) is 0 Å². The van der Waals surface area contributed by atoms with E-state index >= 15 is 0 Å². The molecule has 0 amide bonds. The van der Waals surface area contributed by atoms with Crippen molar-refractivity contribution in [2.24, 2.45) is 12.9 Å². The number of nitrogens with two attached hydrogens (primary N) is 1. The second-order valence-corrected chi connectivity index (χ2v) is 5.15. The number of aromatic nitrogens is 2. The monoisotopic (exact) mass is 252 g/mol. The molecule has 0 spiro atoms. The molecule has 0 radical (unpaired) electrons. The SMILES string of the molecule is Cn1cc(CCC(CC2CCCCO2)NN)cn1. The van der Waals surface area contributed by atoms with Crippen molar-refractivity contribution in [2.75, 3.05) is 6.61 Å². The van der Waals surface area contributed by atoms with Crippen LogP contribution in [0, 0.1) is 0 Å². The fraction of sp³-hybridized carbons (Fsp3) is 0.769. The average molecular weight is 252 g/mol. The van der Waals surface area contributed by atoms with Gasteiger partial charge in [-0.3, -0.25) is 16.0 Å². The molecule has 102 valence electrons. The molecule has 0 aliphatic carbocycles. The van der Waals surface area contributed by atoms with Crippen LogP contribution in [0.3, 0.4) is 0 Å². The highest BCUT2D eigenvalue weighted by Crippen LogP contribution is 2.18. The van der Waals surface area contributed by atoms with E-state index in [2.05, 4.69) is 16.7 Å². The highest BCUT2D eigenvalue weighted by atomic mass is 16.5. The Labute approximate surface area is 109 Å². The van der Waals surface area contributed by atoms with Crippen molar-refractivity contribution in [3.05, 3.63) is 18.0 Å². The molecule has 18 heavy (non-hydrogen) atoms. The van der Waals surface area contributed by atoms with Gasteiger partial charge >= 0.3 is 0 Å². The van der Waals surface area contributed by atoms with Crippen molar-refractivity contribution in [2.45, 2.75) is 50.7 Å². The van der Waals surface area contributed by atoms with E-state index in [1.54, 1.807) is 0 Å². The van der Waals surface area contributed by atoms with Crippen LogP contribution >= 0.6 is 0 Å². The minimum atomic E-state index is 0.327. The topological polar surface area (TPSA) is 65.1 Å². The summed E-state index contributed by atoms with van der Waals surface area (Å²) in [6, 6.07) is 0.327. The van der Waals surface area contributed by atoms with Crippen LogP contribution in [-0.4, -0.2) is 28.5 Å². The Morgan fingerprint density at radius 3 is 3.11 bits per heavy atom. The van der Waals surface area contributed by atoms with E-state index in [0.29, 0.717) is 12.1 Å². The predicted octanol–water partition coefficient (Wildman–Crippen LogP) is 1.14. The lowest BCUT2D eigenvalue weighted by Gasteiger charge is -2.26. The molecule has 2 atom stereocenters. The van der Waals surface area contributed by atoms with Crippen molar-refractivity contribution in [3.63, 3.8) is 0 Å². The molecule has 1 aliphatic rings. The molecule has 2 rings (SSSR count). The van der Waals surface area contributed by atoms with Crippen LogP contribution in [0.15, 0.2) is 12.4 Å². The van der Waals surface area contributed by atoms with Crippen LogP contribution in [0.1, 0.15) is 37.7 Å². The maximum absolute atomic E-state index is 5.75. The Bertz CT molecular complexity index is 347. The Morgan fingerprint density at radius 1 is 1.61 bits per heavy atom. The van der Waals surface area contributed by atoms with E-state index in [1.807, 2.05) is 17.9 Å². The lowest BCUT2D eigenvalue weighted by Crippen LogP contribution is -2.39. The largest absolute Gasteiger partial charge is 0.378 e. The summed E-state index contributed by atoms with van der Waals surface area (Å²) in [4.78, 5) is 0. The fourth-order valence-electron chi connectivity index (χ4n) is 2.52. The second-order valence-electron chi connectivity index (χ2n) is 5.15.